The van der Waals surface area contributed by atoms with E-state index >= 15 is 0 Å². The van der Waals surface area contributed by atoms with E-state index in [2.05, 4.69) is 17.1 Å². The van der Waals surface area contributed by atoms with Gasteiger partial charge in [0.05, 0.1) is 5.75 Å². The molecule has 1 aromatic rings. The number of hydrogen-bond acceptors (Lipinski definition) is 5. The number of nitrogens with zero attached hydrogens (tertiary/aromatic N) is 3. The van der Waals surface area contributed by atoms with E-state index in [1.54, 1.807) is 0 Å². The van der Waals surface area contributed by atoms with Gasteiger partial charge in [0.15, 0.2) is 5.16 Å². The van der Waals surface area contributed by atoms with Gasteiger partial charge in [-0.15, -0.1) is 10.2 Å². The summed E-state index contributed by atoms with van der Waals surface area (Å²) < 4.78 is 1.83. The molecule has 1 aliphatic carbocycles. The number of hydrogen-bond donors (Lipinski definition) is 2. The van der Waals surface area contributed by atoms with Crippen LogP contribution in [-0.2, 0) is 11.3 Å². The second-order valence-corrected chi connectivity index (χ2v) is 5.72. The van der Waals surface area contributed by atoms with Crippen LogP contribution >= 0.6 is 11.8 Å². The zero-order valence-electron chi connectivity index (χ0n) is 9.72. The molecule has 1 saturated carbocycles. The fraction of sp³-hybridized carbons (Fsp3) is 0.700. The SMILES string of the molecule is CC1(Cn2c(N)nnc2SCC(=O)O)CCC1. The molecule has 0 unspecified atom stereocenters. The van der Waals surface area contributed by atoms with Gasteiger partial charge in [-0.2, -0.15) is 0 Å². The van der Waals surface area contributed by atoms with Crippen molar-refractivity contribution in [3.63, 3.8) is 0 Å². The van der Waals surface area contributed by atoms with Gasteiger partial charge in [0.25, 0.3) is 0 Å². The fourth-order valence-corrected chi connectivity index (χ4v) is 2.67. The maximum absolute atomic E-state index is 10.5. The number of carboxylic acids is 1. The molecule has 1 aliphatic rings. The van der Waals surface area contributed by atoms with Crippen LogP contribution in [0, 0.1) is 5.41 Å². The van der Waals surface area contributed by atoms with Crippen molar-refractivity contribution < 1.29 is 9.90 Å². The standard InChI is InChI=1S/C10H16N4O2S/c1-10(3-2-4-10)6-14-8(11)12-13-9(14)17-5-7(15)16/h2-6H2,1H3,(H2,11,12)(H,15,16). The minimum Gasteiger partial charge on any atom is -0.481 e. The molecule has 0 amide bonds. The smallest absolute Gasteiger partial charge is 0.313 e. The van der Waals surface area contributed by atoms with Crippen molar-refractivity contribution in [1.29, 1.82) is 0 Å². The molecule has 2 rings (SSSR count). The van der Waals surface area contributed by atoms with Crippen molar-refractivity contribution in [3.05, 3.63) is 0 Å². The van der Waals surface area contributed by atoms with Crippen LogP contribution in [0.5, 0.6) is 0 Å². The number of aliphatic carboxylic acids is 1. The van der Waals surface area contributed by atoms with Crippen molar-refractivity contribution in [2.24, 2.45) is 5.41 Å². The summed E-state index contributed by atoms with van der Waals surface area (Å²) in [6, 6.07) is 0. The first-order valence-corrected chi connectivity index (χ1v) is 6.52. The highest BCUT2D eigenvalue weighted by Crippen LogP contribution is 2.42. The van der Waals surface area contributed by atoms with Crippen LogP contribution in [0.25, 0.3) is 0 Å². The Labute approximate surface area is 104 Å². The molecular weight excluding hydrogens is 240 g/mol. The average molecular weight is 256 g/mol. The van der Waals surface area contributed by atoms with Crippen molar-refractivity contribution in [3.8, 4) is 0 Å². The lowest BCUT2D eigenvalue weighted by Gasteiger charge is -2.38. The van der Waals surface area contributed by atoms with Crippen LogP contribution in [0.3, 0.4) is 0 Å². The molecule has 0 spiro atoms. The molecule has 0 aromatic carbocycles. The summed E-state index contributed by atoms with van der Waals surface area (Å²) in [5, 5.41) is 17.0. The van der Waals surface area contributed by atoms with Gasteiger partial charge in [0.1, 0.15) is 0 Å². The molecule has 1 aromatic heterocycles. The van der Waals surface area contributed by atoms with E-state index in [-0.39, 0.29) is 11.2 Å². The number of aromatic nitrogens is 3. The molecular formula is C10H16N4O2S. The van der Waals surface area contributed by atoms with Gasteiger partial charge in [-0.05, 0) is 18.3 Å². The molecule has 0 atom stereocenters. The minimum absolute atomic E-state index is 0.0190. The normalized spacial score (nSPS) is 17.7. The summed E-state index contributed by atoms with van der Waals surface area (Å²) in [5.41, 5.74) is 6.02. The maximum atomic E-state index is 10.5. The van der Waals surface area contributed by atoms with Crippen LogP contribution in [0.4, 0.5) is 5.95 Å². The number of rotatable bonds is 5. The van der Waals surface area contributed by atoms with E-state index in [0.29, 0.717) is 11.1 Å². The Balaban J connectivity index is 2.08. The predicted octanol–water partition coefficient (Wildman–Crippen LogP) is 1.23. The first-order chi connectivity index (χ1) is 8.00. The van der Waals surface area contributed by atoms with E-state index in [1.165, 1.54) is 19.3 Å². The molecule has 3 N–H and O–H groups in total. The molecule has 1 heterocycles. The van der Waals surface area contributed by atoms with E-state index in [9.17, 15) is 4.79 Å². The zero-order valence-corrected chi connectivity index (χ0v) is 10.5. The van der Waals surface area contributed by atoms with E-state index in [4.69, 9.17) is 10.8 Å². The highest BCUT2D eigenvalue weighted by Gasteiger charge is 2.33. The monoisotopic (exact) mass is 256 g/mol. The molecule has 0 radical (unpaired) electrons. The Hall–Kier alpha value is -1.24. The first kappa shape index (κ1) is 12.2. The van der Waals surface area contributed by atoms with Gasteiger partial charge in [0.2, 0.25) is 5.95 Å². The molecule has 6 nitrogen and oxygen atoms in total. The Morgan fingerprint density at radius 2 is 2.29 bits per heavy atom. The Morgan fingerprint density at radius 1 is 1.59 bits per heavy atom. The summed E-state index contributed by atoms with van der Waals surface area (Å²) in [4.78, 5) is 10.5. The molecule has 17 heavy (non-hydrogen) atoms. The number of thioether (sulfide) groups is 1. The number of anilines is 1. The Morgan fingerprint density at radius 3 is 2.82 bits per heavy atom. The minimum atomic E-state index is -0.863. The second-order valence-electron chi connectivity index (χ2n) is 4.77. The molecule has 0 aliphatic heterocycles. The van der Waals surface area contributed by atoms with E-state index < -0.39 is 5.97 Å². The quantitative estimate of drug-likeness (QED) is 0.769. The molecule has 7 heteroatoms. The summed E-state index contributed by atoms with van der Waals surface area (Å²) >= 11 is 1.16. The lowest BCUT2D eigenvalue weighted by molar-refractivity contribution is -0.133. The van der Waals surface area contributed by atoms with Crippen molar-refractivity contribution in [1.82, 2.24) is 14.8 Å². The van der Waals surface area contributed by atoms with Gasteiger partial charge < -0.3 is 10.8 Å². The predicted molar refractivity (Wildman–Crippen MR) is 64.8 cm³/mol. The van der Waals surface area contributed by atoms with Crippen LogP contribution in [0.15, 0.2) is 5.16 Å². The number of nitrogen functional groups attached to an aromatic ring is 1. The third kappa shape index (κ3) is 2.71. The lowest BCUT2D eigenvalue weighted by atomic mass is 9.70. The Bertz CT molecular complexity index is 428. The summed E-state index contributed by atoms with van der Waals surface area (Å²) in [7, 11) is 0. The van der Waals surface area contributed by atoms with Crippen molar-refractivity contribution >= 4 is 23.7 Å². The van der Waals surface area contributed by atoms with Crippen LogP contribution in [0.2, 0.25) is 0 Å². The van der Waals surface area contributed by atoms with Gasteiger partial charge in [0, 0.05) is 6.54 Å². The van der Waals surface area contributed by atoms with Crippen LogP contribution < -0.4 is 5.73 Å². The molecule has 1 fully saturated rings. The highest BCUT2D eigenvalue weighted by atomic mass is 32.2. The fourth-order valence-electron chi connectivity index (χ4n) is 2.00. The van der Waals surface area contributed by atoms with Gasteiger partial charge in [-0.25, -0.2) is 0 Å². The Kier molecular flexibility index (Phi) is 3.28. The first-order valence-electron chi connectivity index (χ1n) is 5.53. The topological polar surface area (TPSA) is 94.0 Å². The van der Waals surface area contributed by atoms with Gasteiger partial charge >= 0.3 is 5.97 Å². The number of carbonyl (C=O) groups is 1. The average Bonchev–Trinajstić information content (AvgIpc) is 2.55. The third-order valence-corrected chi connectivity index (χ3v) is 4.12. The van der Waals surface area contributed by atoms with Gasteiger partial charge in [-0.3, -0.25) is 9.36 Å². The lowest BCUT2D eigenvalue weighted by Crippen LogP contribution is -2.31. The zero-order chi connectivity index (χ0) is 12.5. The summed E-state index contributed by atoms with van der Waals surface area (Å²) in [6.45, 7) is 2.98. The van der Waals surface area contributed by atoms with Crippen molar-refractivity contribution in [2.45, 2.75) is 37.9 Å². The van der Waals surface area contributed by atoms with Crippen molar-refractivity contribution in [2.75, 3.05) is 11.5 Å². The second kappa shape index (κ2) is 4.56. The molecule has 0 saturated heterocycles. The highest BCUT2D eigenvalue weighted by molar-refractivity contribution is 7.99. The number of carboxylic acid groups (broad SMARTS) is 1. The van der Waals surface area contributed by atoms with Crippen LogP contribution in [0.1, 0.15) is 26.2 Å². The van der Waals surface area contributed by atoms with E-state index in [1.807, 2.05) is 4.57 Å². The maximum Gasteiger partial charge on any atom is 0.313 e. The largest absolute Gasteiger partial charge is 0.481 e. The summed E-state index contributed by atoms with van der Waals surface area (Å²) in [5.74, 6) is -0.515. The summed E-state index contributed by atoms with van der Waals surface area (Å²) in [6.07, 6.45) is 3.59. The van der Waals surface area contributed by atoms with Gasteiger partial charge in [-0.1, -0.05) is 25.1 Å². The molecule has 0 bridgehead atoms. The van der Waals surface area contributed by atoms with E-state index in [0.717, 1.165) is 18.3 Å². The molecule has 94 valence electrons. The van der Waals surface area contributed by atoms with Crippen LogP contribution in [-0.4, -0.2) is 31.6 Å². The number of nitrogens with two attached hydrogens (primary N) is 1. The third-order valence-electron chi connectivity index (χ3n) is 3.17.